The van der Waals surface area contributed by atoms with Crippen LogP contribution in [-0.2, 0) is 0 Å². The second-order valence-electron chi connectivity index (χ2n) is 4.95. The van der Waals surface area contributed by atoms with E-state index < -0.39 is 5.97 Å². The summed E-state index contributed by atoms with van der Waals surface area (Å²) in [6.07, 6.45) is 4.90. The summed E-state index contributed by atoms with van der Waals surface area (Å²) in [6.45, 7) is 0. The van der Waals surface area contributed by atoms with Crippen LogP contribution in [0.3, 0.4) is 0 Å². The molecule has 1 aliphatic carbocycles. The summed E-state index contributed by atoms with van der Waals surface area (Å²) in [5.41, 5.74) is 2.17. The molecule has 1 N–H and O–H groups in total. The minimum Gasteiger partial charge on any atom is -0.476 e. The zero-order valence-corrected chi connectivity index (χ0v) is 10.5. The highest BCUT2D eigenvalue weighted by Crippen LogP contribution is 2.39. The van der Waals surface area contributed by atoms with E-state index in [0.29, 0.717) is 11.7 Å². The Hall–Kier alpha value is -2.10. The van der Waals surface area contributed by atoms with E-state index in [1.807, 2.05) is 18.2 Å². The lowest BCUT2D eigenvalue weighted by Crippen LogP contribution is -1.96. The van der Waals surface area contributed by atoms with Gasteiger partial charge in [0.25, 0.3) is 0 Å². The molecule has 98 valence electrons. The minimum atomic E-state index is -1.06. The molecule has 0 unspecified atom stereocenters. The summed E-state index contributed by atoms with van der Waals surface area (Å²) in [6, 6.07) is 9.53. The van der Waals surface area contributed by atoms with Gasteiger partial charge in [0.05, 0.1) is 0 Å². The van der Waals surface area contributed by atoms with Gasteiger partial charge < -0.3 is 9.63 Å². The molecule has 0 radical (unpaired) electrons. The Morgan fingerprint density at radius 1 is 1.26 bits per heavy atom. The number of nitrogens with zero attached hydrogens (tertiary/aromatic N) is 1. The van der Waals surface area contributed by atoms with Crippen molar-refractivity contribution in [2.24, 2.45) is 0 Å². The normalized spacial score (nSPS) is 15.8. The lowest BCUT2D eigenvalue weighted by Gasteiger charge is -2.13. The smallest absolute Gasteiger partial charge is 0.358 e. The molecule has 0 bridgehead atoms. The highest BCUT2D eigenvalue weighted by Gasteiger charge is 2.22. The van der Waals surface area contributed by atoms with Crippen LogP contribution >= 0.6 is 0 Å². The van der Waals surface area contributed by atoms with Crippen molar-refractivity contribution in [3.63, 3.8) is 0 Å². The van der Waals surface area contributed by atoms with Crippen molar-refractivity contribution >= 4 is 5.97 Å². The largest absolute Gasteiger partial charge is 0.476 e. The van der Waals surface area contributed by atoms with Crippen LogP contribution in [0.2, 0.25) is 0 Å². The van der Waals surface area contributed by atoms with E-state index in [2.05, 4.69) is 11.2 Å². The van der Waals surface area contributed by atoms with Crippen LogP contribution in [0.1, 0.15) is 47.7 Å². The first-order valence-electron chi connectivity index (χ1n) is 6.55. The maximum Gasteiger partial charge on any atom is 0.358 e. The number of aromatic carboxylic acids is 1. The van der Waals surface area contributed by atoms with Crippen LogP contribution in [0.15, 0.2) is 34.9 Å². The van der Waals surface area contributed by atoms with E-state index in [9.17, 15) is 4.79 Å². The monoisotopic (exact) mass is 257 g/mol. The molecule has 1 aliphatic rings. The molecule has 0 amide bonds. The highest BCUT2D eigenvalue weighted by molar-refractivity contribution is 5.86. The summed E-state index contributed by atoms with van der Waals surface area (Å²) in [5, 5.41) is 12.5. The summed E-state index contributed by atoms with van der Waals surface area (Å²) >= 11 is 0. The van der Waals surface area contributed by atoms with Gasteiger partial charge in [-0.2, -0.15) is 0 Å². The van der Waals surface area contributed by atoms with Gasteiger partial charge in [-0.25, -0.2) is 4.79 Å². The zero-order valence-electron chi connectivity index (χ0n) is 10.5. The van der Waals surface area contributed by atoms with Gasteiger partial charge in [-0.1, -0.05) is 42.3 Å². The number of hydrogen-bond donors (Lipinski definition) is 1. The van der Waals surface area contributed by atoms with Gasteiger partial charge >= 0.3 is 5.97 Å². The van der Waals surface area contributed by atoms with Crippen LogP contribution in [0.5, 0.6) is 0 Å². The van der Waals surface area contributed by atoms with Crippen molar-refractivity contribution in [3.05, 3.63) is 41.6 Å². The Labute approximate surface area is 111 Å². The van der Waals surface area contributed by atoms with Crippen LogP contribution < -0.4 is 0 Å². The first-order chi connectivity index (χ1) is 9.25. The standard InChI is InChI=1S/C15H15NO3/c17-15(18)13-9-14(19-16-13)12-8-4-3-7-11(12)10-5-1-2-6-10/h3-4,7-10H,1-2,5-6H2,(H,17,18). The van der Waals surface area contributed by atoms with E-state index in [1.165, 1.54) is 37.3 Å². The molecule has 1 aromatic carbocycles. The molecule has 4 heteroatoms. The van der Waals surface area contributed by atoms with Crippen LogP contribution in [0, 0.1) is 0 Å². The zero-order chi connectivity index (χ0) is 13.2. The van der Waals surface area contributed by atoms with E-state index in [0.717, 1.165) is 5.56 Å². The van der Waals surface area contributed by atoms with E-state index in [1.54, 1.807) is 0 Å². The number of carboxylic acids is 1. The van der Waals surface area contributed by atoms with Crippen molar-refractivity contribution in [3.8, 4) is 11.3 Å². The van der Waals surface area contributed by atoms with E-state index in [-0.39, 0.29) is 5.69 Å². The van der Waals surface area contributed by atoms with Gasteiger partial charge in [0.2, 0.25) is 0 Å². The third-order valence-electron chi connectivity index (χ3n) is 3.75. The molecule has 1 saturated carbocycles. The van der Waals surface area contributed by atoms with Gasteiger partial charge in [0, 0.05) is 11.6 Å². The molecule has 1 aromatic heterocycles. The number of benzene rings is 1. The average Bonchev–Trinajstić information content (AvgIpc) is 3.10. The molecule has 0 aliphatic heterocycles. The number of rotatable bonds is 3. The van der Waals surface area contributed by atoms with Crippen molar-refractivity contribution in [1.29, 1.82) is 0 Å². The Balaban J connectivity index is 2.01. The Morgan fingerprint density at radius 3 is 2.68 bits per heavy atom. The Kier molecular flexibility index (Phi) is 3.07. The fourth-order valence-electron chi connectivity index (χ4n) is 2.82. The summed E-state index contributed by atoms with van der Waals surface area (Å²) in [4.78, 5) is 10.9. The number of hydrogen-bond acceptors (Lipinski definition) is 3. The highest BCUT2D eigenvalue weighted by atomic mass is 16.5. The molecule has 1 heterocycles. The molecule has 0 saturated heterocycles. The molecule has 19 heavy (non-hydrogen) atoms. The first-order valence-corrected chi connectivity index (χ1v) is 6.55. The second-order valence-corrected chi connectivity index (χ2v) is 4.95. The van der Waals surface area contributed by atoms with Crippen molar-refractivity contribution in [2.45, 2.75) is 31.6 Å². The molecule has 1 fully saturated rings. The quantitative estimate of drug-likeness (QED) is 0.910. The summed E-state index contributed by atoms with van der Waals surface area (Å²) < 4.78 is 5.18. The predicted molar refractivity (Wildman–Crippen MR) is 70.1 cm³/mol. The molecular formula is C15H15NO3. The number of carboxylic acid groups (broad SMARTS) is 1. The molecule has 3 rings (SSSR count). The summed E-state index contributed by atoms with van der Waals surface area (Å²) in [7, 11) is 0. The average molecular weight is 257 g/mol. The lowest BCUT2D eigenvalue weighted by molar-refractivity contribution is 0.0686. The SMILES string of the molecule is O=C(O)c1cc(-c2ccccc2C2CCCC2)on1. The maximum absolute atomic E-state index is 10.9. The minimum absolute atomic E-state index is 0.0452. The van der Waals surface area contributed by atoms with Gasteiger partial charge in [-0.15, -0.1) is 0 Å². The second kappa shape index (κ2) is 4.88. The van der Waals surface area contributed by atoms with Crippen molar-refractivity contribution < 1.29 is 14.4 Å². The number of carbonyl (C=O) groups is 1. The predicted octanol–water partition coefficient (Wildman–Crippen LogP) is 3.70. The van der Waals surface area contributed by atoms with E-state index in [4.69, 9.17) is 9.63 Å². The van der Waals surface area contributed by atoms with Crippen molar-refractivity contribution in [2.75, 3.05) is 0 Å². The third kappa shape index (κ3) is 2.26. The van der Waals surface area contributed by atoms with Crippen LogP contribution in [0.4, 0.5) is 0 Å². The van der Waals surface area contributed by atoms with Crippen LogP contribution in [-0.4, -0.2) is 16.2 Å². The fourth-order valence-corrected chi connectivity index (χ4v) is 2.82. The lowest BCUT2D eigenvalue weighted by atomic mass is 9.92. The van der Waals surface area contributed by atoms with Crippen molar-refractivity contribution in [1.82, 2.24) is 5.16 Å². The Bertz CT molecular complexity index is 597. The molecule has 0 spiro atoms. The van der Waals surface area contributed by atoms with Crippen LogP contribution in [0.25, 0.3) is 11.3 Å². The van der Waals surface area contributed by atoms with Gasteiger partial charge in [-0.3, -0.25) is 0 Å². The van der Waals surface area contributed by atoms with E-state index >= 15 is 0 Å². The molecule has 0 atom stereocenters. The molecule has 4 nitrogen and oxygen atoms in total. The number of aromatic nitrogens is 1. The first kappa shape index (κ1) is 12.0. The molecular weight excluding hydrogens is 242 g/mol. The fraction of sp³-hybridized carbons (Fsp3) is 0.333. The molecule has 2 aromatic rings. The Morgan fingerprint density at radius 2 is 2.00 bits per heavy atom. The van der Waals surface area contributed by atoms with Gasteiger partial charge in [0.1, 0.15) is 0 Å². The maximum atomic E-state index is 10.9. The summed E-state index contributed by atoms with van der Waals surface area (Å²) in [5.74, 6) is 0.0304. The van der Waals surface area contributed by atoms with Gasteiger partial charge in [-0.05, 0) is 24.3 Å². The van der Waals surface area contributed by atoms with Gasteiger partial charge in [0.15, 0.2) is 11.5 Å². The topological polar surface area (TPSA) is 63.3 Å². The third-order valence-corrected chi connectivity index (χ3v) is 3.75.